The van der Waals surface area contributed by atoms with Gasteiger partial charge in [-0.15, -0.1) is 0 Å². The quantitative estimate of drug-likeness (QED) is 0.327. The standard InChI is InChI=1S/C23H21ClN8O/c1-3-21(33)28-16-7-5-8-17(10-16)29-22-20(24)12-25-23(31-22)30-19-11-26-32(14-19)13-18-9-4-6-15(2)27-18/h3-12,14H,1,13H2,2H3,(H,28,33)(H2,25,29,30,31). The van der Waals surface area contributed by atoms with Gasteiger partial charge >= 0.3 is 0 Å². The minimum atomic E-state index is -0.294. The zero-order chi connectivity index (χ0) is 23.2. The molecule has 0 saturated heterocycles. The molecule has 9 nitrogen and oxygen atoms in total. The van der Waals surface area contributed by atoms with Crippen molar-refractivity contribution in [1.82, 2.24) is 24.7 Å². The van der Waals surface area contributed by atoms with Crippen molar-refractivity contribution in [3.05, 3.63) is 90.1 Å². The lowest BCUT2D eigenvalue weighted by Crippen LogP contribution is -2.07. The number of hydrogen-bond acceptors (Lipinski definition) is 7. The zero-order valence-electron chi connectivity index (χ0n) is 17.8. The van der Waals surface area contributed by atoms with E-state index in [0.29, 0.717) is 34.7 Å². The minimum absolute atomic E-state index is 0.294. The molecule has 4 aromatic rings. The average molecular weight is 461 g/mol. The molecule has 3 aromatic heterocycles. The van der Waals surface area contributed by atoms with Crippen LogP contribution in [-0.4, -0.2) is 30.6 Å². The minimum Gasteiger partial charge on any atom is -0.339 e. The van der Waals surface area contributed by atoms with Crippen molar-refractivity contribution in [3.63, 3.8) is 0 Å². The SMILES string of the molecule is C=CC(=O)Nc1cccc(Nc2nc(Nc3cnn(Cc4cccc(C)n4)c3)ncc2Cl)c1. The molecular formula is C23H21ClN8O. The summed E-state index contributed by atoms with van der Waals surface area (Å²) in [6.07, 6.45) is 6.25. The molecule has 1 amide bonds. The van der Waals surface area contributed by atoms with Gasteiger partial charge in [-0.05, 0) is 43.3 Å². The van der Waals surface area contributed by atoms with Gasteiger partial charge in [-0.3, -0.25) is 14.5 Å². The number of carbonyl (C=O) groups is 1. The fraction of sp³-hybridized carbons (Fsp3) is 0.0870. The molecular weight excluding hydrogens is 440 g/mol. The molecule has 0 aliphatic heterocycles. The topological polar surface area (TPSA) is 110 Å². The largest absolute Gasteiger partial charge is 0.339 e. The Morgan fingerprint density at radius 3 is 2.73 bits per heavy atom. The normalized spacial score (nSPS) is 10.5. The Morgan fingerprint density at radius 2 is 1.91 bits per heavy atom. The van der Waals surface area contributed by atoms with Crippen LogP contribution in [0, 0.1) is 6.92 Å². The van der Waals surface area contributed by atoms with Gasteiger partial charge < -0.3 is 16.0 Å². The first-order chi connectivity index (χ1) is 16.0. The first-order valence-corrected chi connectivity index (χ1v) is 10.4. The molecule has 0 aliphatic rings. The van der Waals surface area contributed by atoms with Crippen LogP contribution in [0.5, 0.6) is 0 Å². The zero-order valence-corrected chi connectivity index (χ0v) is 18.5. The Kier molecular flexibility index (Phi) is 6.61. The number of pyridine rings is 1. The molecule has 1 aromatic carbocycles. The number of nitrogens with one attached hydrogen (secondary N) is 3. The van der Waals surface area contributed by atoms with Crippen LogP contribution in [0.2, 0.25) is 5.02 Å². The number of aromatic nitrogens is 5. The Bertz CT molecular complexity index is 1300. The van der Waals surface area contributed by atoms with Crippen molar-refractivity contribution >= 4 is 46.3 Å². The summed E-state index contributed by atoms with van der Waals surface area (Å²) in [5, 5.41) is 13.7. The van der Waals surface area contributed by atoms with E-state index in [1.54, 1.807) is 29.1 Å². The highest BCUT2D eigenvalue weighted by Gasteiger charge is 2.09. The fourth-order valence-electron chi connectivity index (χ4n) is 3.02. The number of aryl methyl sites for hydroxylation is 1. The Labute approximate surface area is 195 Å². The van der Waals surface area contributed by atoms with Crippen molar-refractivity contribution < 1.29 is 4.79 Å². The Balaban J connectivity index is 1.46. The molecule has 0 bridgehead atoms. The highest BCUT2D eigenvalue weighted by molar-refractivity contribution is 6.32. The van der Waals surface area contributed by atoms with Gasteiger partial charge in [0.15, 0.2) is 5.82 Å². The molecule has 3 heterocycles. The first kappa shape index (κ1) is 22.0. The Hall–Kier alpha value is -4.24. The van der Waals surface area contributed by atoms with Crippen molar-refractivity contribution in [2.45, 2.75) is 13.5 Å². The summed E-state index contributed by atoms with van der Waals surface area (Å²) >= 11 is 6.28. The third kappa shape index (κ3) is 5.92. The molecule has 4 rings (SSSR count). The second kappa shape index (κ2) is 9.92. The molecule has 33 heavy (non-hydrogen) atoms. The van der Waals surface area contributed by atoms with E-state index >= 15 is 0 Å². The number of hydrogen-bond donors (Lipinski definition) is 3. The summed E-state index contributed by atoms with van der Waals surface area (Å²) in [5.41, 5.74) is 3.92. The van der Waals surface area contributed by atoms with Crippen LogP contribution in [0.25, 0.3) is 0 Å². The maximum atomic E-state index is 11.5. The van der Waals surface area contributed by atoms with Gasteiger partial charge in [0.05, 0.1) is 30.3 Å². The van der Waals surface area contributed by atoms with Gasteiger partial charge in [-0.25, -0.2) is 4.98 Å². The van der Waals surface area contributed by atoms with Gasteiger partial charge in [0.2, 0.25) is 11.9 Å². The van der Waals surface area contributed by atoms with Crippen molar-refractivity contribution in [1.29, 1.82) is 0 Å². The molecule has 0 unspecified atom stereocenters. The number of halogens is 1. The molecule has 166 valence electrons. The van der Waals surface area contributed by atoms with E-state index in [-0.39, 0.29) is 5.91 Å². The molecule has 0 atom stereocenters. The van der Waals surface area contributed by atoms with E-state index in [1.165, 1.54) is 12.3 Å². The number of anilines is 5. The van der Waals surface area contributed by atoms with E-state index in [0.717, 1.165) is 17.1 Å². The lowest BCUT2D eigenvalue weighted by Gasteiger charge is -2.11. The summed E-state index contributed by atoms with van der Waals surface area (Å²) in [7, 11) is 0. The van der Waals surface area contributed by atoms with Gasteiger partial charge in [0, 0.05) is 23.3 Å². The second-order valence-electron chi connectivity index (χ2n) is 7.11. The van der Waals surface area contributed by atoms with Gasteiger partial charge in [-0.2, -0.15) is 10.1 Å². The van der Waals surface area contributed by atoms with Crippen LogP contribution in [0.3, 0.4) is 0 Å². The fourth-order valence-corrected chi connectivity index (χ4v) is 3.16. The highest BCUT2D eigenvalue weighted by atomic mass is 35.5. The molecule has 3 N–H and O–H groups in total. The second-order valence-corrected chi connectivity index (χ2v) is 7.52. The van der Waals surface area contributed by atoms with Crippen LogP contribution in [0.15, 0.2) is 73.7 Å². The van der Waals surface area contributed by atoms with Crippen molar-refractivity contribution in [3.8, 4) is 0 Å². The number of benzene rings is 1. The highest BCUT2D eigenvalue weighted by Crippen LogP contribution is 2.26. The van der Waals surface area contributed by atoms with Crippen LogP contribution < -0.4 is 16.0 Å². The summed E-state index contributed by atoms with van der Waals surface area (Å²) in [4.78, 5) is 24.7. The maximum Gasteiger partial charge on any atom is 0.247 e. The summed E-state index contributed by atoms with van der Waals surface area (Å²) in [6.45, 7) is 5.96. The summed E-state index contributed by atoms with van der Waals surface area (Å²) in [5.74, 6) is 0.474. The van der Waals surface area contributed by atoms with Gasteiger partial charge in [0.25, 0.3) is 0 Å². The molecule has 10 heteroatoms. The molecule has 0 radical (unpaired) electrons. The monoisotopic (exact) mass is 460 g/mol. The predicted molar refractivity (Wildman–Crippen MR) is 129 cm³/mol. The third-order valence-corrected chi connectivity index (χ3v) is 4.76. The van der Waals surface area contributed by atoms with E-state index < -0.39 is 0 Å². The van der Waals surface area contributed by atoms with Crippen molar-refractivity contribution in [2.75, 3.05) is 16.0 Å². The van der Waals surface area contributed by atoms with E-state index in [1.807, 2.05) is 37.4 Å². The third-order valence-electron chi connectivity index (χ3n) is 4.48. The van der Waals surface area contributed by atoms with Crippen LogP contribution >= 0.6 is 11.6 Å². The number of carbonyl (C=O) groups excluding carboxylic acids is 1. The smallest absolute Gasteiger partial charge is 0.247 e. The maximum absolute atomic E-state index is 11.5. The first-order valence-electron chi connectivity index (χ1n) is 10.0. The molecule has 0 fully saturated rings. The number of rotatable bonds is 8. The Morgan fingerprint density at radius 1 is 1.09 bits per heavy atom. The van der Waals surface area contributed by atoms with Crippen LogP contribution in [-0.2, 0) is 11.3 Å². The van der Waals surface area contributed by atoms with Gasteiger partial charge in [0.1, 0.15) is 5.02 Å². The van der Waals surface area contributed by atoms with Crippen LogP contribution in [0.1, 0.15) is 11.4 Å². The summed E-state index contributed by atoms with van der Waals surface area (Å²) < 4.78 is 1.78. The summed E-state index contributed by atoms with van der Waals surface area (Å²) in [6, 6.07) is 13.0. The lowest BCUT2D eigenvalue weighted by molar-refractivity contribution is -0.111. The lowest BCUT2D eigenvalue weighted by atomic mass is 10.2. The average Bonchev–Trinajstić information content (AvgIpc) is 3.23. The van der Waals surface area contributed by atoms with E-state index in [9.17, 15) is 4.79 Å². The predicted octanol–water partition coefficient (Wildman–Crippen LogP) is 4.69. The van der Waals surface area contributed by atoms with Crippen LogP contribution in [0.4, 0.5) is 28.8 Å². The van der Waals surface area contributed by atoms with Gasteiger partial charge in [-0.1, -0.05) is 30.3 Å². The molecule has 0 aliphatic carbocycles. The number of nitrogens with zero attached hydrogens (tertiary/aromatic N) is 5. The molecule has 0 saturated carbocycles. The van der Waals surface area contributed by atoms with Crippen molar-refractivity contribution in [2.24, 2.45) is 0 Å². The molecule has 0 spiro atoms. The van der Waals surface area contributed by atoms with E-state index in [2.05, 4.69) is 42.6 Å². The number of amides is 1. The van der Waals surface area contributed by atoms with E-state index in [4.69, 9.17) is 11.6 Å².